The molecule has 1 fully saturated rings. The number of piperidine rings is 1. The van der Waals surface area contributed by atoms with Crippen LogP contribution in [0.4, 0.5) is 0 Å². The number of likely N-dealkylation sites (tertiary alicyclic amines) is 1. The second-order valence-corrected chi connectivity index (χ2v) is 6.52. The Labute approximate surface area is 162 Å². The molecule has 1 aromatic carbocycles. The number of furan rings is 1. The van der Waals surface area contributed by atoms with Gasteiger partial charge in [0, 0.05) is 19.1 Å². The van der Waals surface area contributed by atoms with Crippen molar-refractivity contribution in [2.24, 2.45) is 0 Å². The van der Waals surface area contributed by atoms with Gasteiger partial charge in [0.05, 0.1) is 18.4 Å². The van der Waals surface area contributed by atoms with E-state index in [0.717, 1.165) is 0 Å². The number of carbonyl (C=O) groups is 3. The Morgan fingerprint density at radius 1 is 1.07 bits per heavy atom. The van der Waals surface area contributed by atoms with Crippen molar-refractivity contribution in [1.82, 2.24) is 15.5 Å². The van der Waals surface area contributed by atoms with E-state index in [0.29, 0.717) is 37.2 Å². The minimum atomic E-state index is -0.362. The first-order valence-corrected chi connectivity index (χ1v) is 9.17. The average Bonchev–Trinajstić information content (AvgIpc) is 3.26. The zero-order valence-electron chi connectivity index (χ0n) is 15.4. The van der Waals surface area contributed by atoms with Crippen LogP contribution in [0.3, 0.4) is 0 Å². The second kappa shape index (κ2) is 9.59. The van der Waals surface area contributed by atoms with E-state index in [4.69, 9.17) is 9.15 Å². The van der Waals surface area contributed by atoms with Crippen molar-refractivity contribution in [2.75, 3.05) is 26.2 Å². The first-order valence-electron chi connectivity index (χ1n) is 9.17. The molecule has 0 spiro atoms. The number of para-hydroxylation sites is 1. The van der Waals surface area contributed by atoms with Gasteiger partial charge in [-0.25, -0.2) is 0 Å². The van der Waals surface area contributed by atoms with Crippen LogP contribution in [0.25, 0.3) is 0 Å². The molecule has 0 saturated carbocycles. The minimum absolute atomic E-state index is 0.0154. The molecular weight excluding hydrogens is 362 g/mol. The molecular formula is C20H23N3O5. The van der Waals surface area contributed by atoms with Gasteiger partial charge >= 0.3 is 0 Å². The molecule has 148 valence electrons. The van der Waals surface area contributed by atoms with Gasteiger partial charge in [0.25, 0.3) is 11.8 Å². The predicted molar refractivity (Wildman–Crippen MR) is 101 cm³/mol. The highest BCUT2D eigenvalue weighted by Gasteiger charge is 2.25. The monoisotopic (exact) mass is 385 g/mol. The normalized spacial score (nSPS) is 14.4. The maximum atomic E-state index is 12.3. The lowest BCUT2D eigenvalue weighted by Gasteiger charge is -2.32. The van der Waals surface area contributed by atoms with Crippen LogP contribution >= 0.6 is 0 Å². The third-order valence-corrected chi connectivity index (χ3v) is 4.47. The largest absolute Gasteiger partial charge is 0.484 e. The lowest BCUT2D eigenvalue weighted by atomic mass is 10.0. The van der Waals surface area contributed by atoms with Crippen LogP contribution in [0, 0.1) is 0 Å². The summed E-state index contributed by atoms with van der Waals surface area (Å²) < 4.78 is 10.3. The molecule has 0 atom stereocenters. The van der Waals surface area contributed by atoms with E-state index >= 15 is 0 Å². The Balaban J connectivity index is 1.32. The lowest BCUT2D eigenvalue weighted by molar-refractivity contribution is -0.127. The number of nitrogens with one attached hydrogen (secondary N) is 2. The fourth-order valence-electron chi connectivity index (χ4n) is 2.97. The van der Waals surface area contributed by atoms with Gasteiger partial charge in [0.15, 0.2) is 6.61 Å². The maximum absolute atomic E-state index is 12.3. The fraction of sp³-hybridized carbons (Fsp3) is 0.350. The molecule has 0 aliphatic carbocycles. The number of amides is 3. The number of hydrogen-bond acceptors (Lipinski definition) is 5. The molecule has 8 heteroatoms. The number of ether oxygens (including phenoxy) is 1. The molecule has 8 nitrogen and oxygen atoms in total. The second-order valence-electron chi connectivity index (χ2n) is 6.52. The van der Waals surface area contributed by atoms with Crippen LogP contribution in [0.1, 0.15) is 23.2 Å². The summed E-state index contributed by atoms with van der Waals surface area (Å²) >= 11 is 0. The van der Waals surface area contributed by atoms with Crippen LogP contribution in [-0.4, -0.2) is 54.9 Å². The van der Waals surface area contributed by atoms with Crippen LogP contribution in [0.2, 0.25) is 0 Å². The quantitative estimate of drug-likeness (QED) is 0.746. The summed E-state index contributed by atoms with van der Waals surface area (Å²) in [4.78, 5) is 37.8. The first kappa shape index (κ1) is 19.5. The van der Waals surface area contributed by atoms with Crippen LogP contribution < -0.4 is 15.4 Å². The topological polar surface area (TPSA) is 101 Å². The van der Waals surface area contributed by atoms with Crippen molar-refractivity contribution in [2.45, 2.75) is 18.9 Å². The SMILES string of the molecule is O=C(COc1ccccc1)NCC(=O)NC1CCN(C(=O)c2ccoc2)CC1. The Kier molecular flexibility index (Phi) is 6.67. The summed E-state index contributed by atoms with van der Waals surface area (Å²) in [5.41, 5.74) is 0.530. The third-order valence-electron chi connectivity index (χ3n) is 4.47. The van der Waals surface area contributed by atoms with Crippen molar-refractivity contribution in [3.8, 4) is 5.75 Å². The van der Waals surface area contributed by atoms with Crippen molar-refractivity contribution in [3.05, 3.63) is 54.5 Å². The van der Waals surface area contributed by atoms with Gasteiger partial charge in [0.2, 0.25) is 5.91 Å². The fourth-order valence-corrected chi connectivity index (χ4v) is 2.97. The van der Waals surface area contributed by atoms with Gasteiger partial charge < -0.3 is 24.7 Å². The lowest BCUT2D eigenvalue weighted by Crippen LogP contribution is -2.49. The van der Waals surface area contributed by atoms with E-state index in [2.05, 4.69) is 10.6 Å². The zero-order chi connectivity index (χ0) is 19.8. The smallest absolute Gasteiger partial charge is 0.258 e. The first-order chi connectivity index (χ1) is 13.6. The highest BCUT2D eigenvalue weighted by Crippen LogP contribution is 2.14. The van der Waals surface area contributed by atoms with Gasteiger partial charge in [-0.1, -0.05) is 18.2 Å². The Morgan fingerprint density at radius 3 is 2.50 bits per heavy atom. The van der Waals surface area contributed by atoms with Crippen molar-refractivity contribution in [3.63, 3.8) is 0 Å². The van der Waals surface area contributed by atoms with Crippen LogP contribution in [0.15, 0.2) is 53.3 Å². The summed E-state index contributed by atoms with van der Waals surface area (Å²) in [7, 11) is 0. The molecule has 2 aromatic rings. The van der Waals surface area contributed by atoms with Gasteiger partial charge in [-0.05, 0) is 31.0 Å². The molecule has 1 saturated heterocycles. The van der Waals surface area contributed by atoms with Crippen LogP contribution in [-0.2, 0) is 9.59 Å². The third kappa shape index (κ3) is 5.60. The molecule has 28 heavy (non-hydrogen) atoms. The van der Waals surface area contributed by atoms with Crippen LogP contribution in [0.5, 0.6) is 5.75 Å². The summed E-state index contributed by atoms with van der Waals surface area (Å²) in [6.45, 7) is 0.870. The van der Waals surface area contributed by atoms with Gasteiger partial charge in [-0.3, -0.25) is 14.4 Å². The molecule has 2 heterocycles. The number of rotatable bonds is 7. The molecule has 1 aliphatic rings. The minimum Gasteiger partial charge on any atom is -0.484 e. The summed E-state index contributed by atoms with van der Waals surface area (Å²) in [5, 5.41) is 5.43. The van der Waals surface area contributed by atoms with E-state index in [1.807, 2.05) is 18.2 Å². The Bertz CT molecular complexity index is 783. The molecule has 3 amide bonds. The van der Waals surface area contributed by atoms with E-state index in [1.54, 1.807) is 23.1 Å². The highest BCUT2D eigenvalue weighted by atomic mass is 16.5. The van der Waals surface area contributed by atoms with E-state index < -0.39 is 0 Å². The maximum Gasteiger partial charge on any atom is 0.258 e. The molecule has 0 bridgehead atoms. The van der Waals surface area contributed by atoms with Gasteiger partial charge in [-0.2, -0.15) is 0 Å². The molecule has 3 rings (SSSR count). The van der Waals surface area contributed by atoms with Crippen molar-refractivity contribution < 1.29 is 23.5 Å². The van der Waals surface area contributed by atoms with Crippen molar-refractivity contribution in [1.29, 1.82) is 0 Å². The molecule has 2 N–H and O–H groups in total. The Morgan fingerprint density at radius 2 is 1.82 bits per heavy atom. The zero-order valence-corrected chi connectivity index (χ0v) is 15.4. The van der Waals surface area contributed by atoms with Gasteiger partial charge in [0.1, 0.15) is 12.0 Å². The van der Waals surface area contributed by atoms with Crippen molar-refractivity contribution >= 4 is 17.7 Å². The van der Waals surface area contributed by atoms with E-state index in [9.17, 15) is 14.4 Å². The molecule has 1 aliphatic heterocycles. The summed E-state index contributed by atoms with van der Waals surface area (Å²) in [6.07, 6.45) is 4.24. The van der Waals surface area contributed by atoms with E-state index in [-0.39, 0.29) is 36.9 Å². The predicted octanol–water partition coefficient (Wildman–Crippen LogP) is 1.20. The van der Waals surface area contributed by atoms with E-state index in [1.165, 1.54) is 12.5 Å². The molecule has 0 radical (unpaired) electrons. The molecule has 1 aromatic heterocycles. The number of carbonyl (C=O) groups excluding carboxylic acids is 3. The standard InChI is InChI=1S/C20H23N3O5/c24-18(12-21-19(25)14-28-17-4-2-1-3-5-17)22-16-6-9-23(10-7-16)20(26)15-8-11-27-13-15/h1-5,8,11,13,16H,6-7,9-10,12,14H2,(H,21,25)(H,22,24). The highest BCUT2D eigenvalue weighted by molar-refractivity contribution is 5.93. The summed E-state index contributed by atoms with van der Waals surface area (Å²) in [6, 6.07) is 10.6. The summed E-state index contributed by atoms with van der Waals surface area (Å²) in [5.74, 6) is -0.0877. The average molecular weight is 385 g/mol. The molecule has 0 unspecified atom stereocenters. The number of hydrogen-bond donors (Lipinski definition) is 2. The number of benzene rings is 1. The number of nitrogens with zero attached hydrogens (tertiary/aromatic N) is 1. The van der Waals surface area contributed by atoms with Gasteiger partial charge in [-0.15, -0.1) is 0 Å². The Hall–Kier alpha value is -3.29.